The molecule has 1 aromatic heterocycles. The van der Waals surface area contributed by atoms with Crippen molar-refractivity contribution in [3.63, 3.8) is 0 Å². The van der Waals surface area contributed by atoms with Gasteiger partial charge in [-0.25, -0.2) is 0 Å². The Morgan fingerprint density at radius 1 is 1.06 bits per heavy atom. The van der Waals surface area contributed by atoms with Crippen LogP contribution in [0.4, 0.5) is 0 Å². The minimum absolute atomic E-state index is 0.0811. The number of likely N-dealkylation sites (tertiary alicyclic amines) is 2. The van der Waals surface area contributed by atoms with Gasteiger partial charge < -0.3 is 14.8 Å². The maximum atomic E-state index is 13.5. The highest BCUT2D eigenvalue weighted by Gasteiger charge is 2.39. The van der Waals surface area contributed by atoms with Crippen molar-refractivity contribution in [1.82, 2.24) is 19.7 Å². The van der Waals surface area contributed by atoms with E-state index in [0.29, 0.717) is 18.6 Å². The summed E-state index contributed by atoms with van der Waals surface area (Å²) in [5.74, 6) is 0.331. The number of nitrogens with zero attached hydrogens (tertiary/aromatic N) is 3. The van der Waals surface area contributed by atoms with Crippen LogP contribution in [0.3, 0.4) is 0 Å². The Kier molecular flexibility index (Phi) is 6.22. The molecule has 5 rings (SSSR count). The van der Waals surface area contributed by atoms with E-state index >= 15 is 0 Å². The summed E-state index contributed by atoms with van der Waals surface area (Å²) >= 11 is 0. The Balaban J connectivity index is 1.22. The SMILES string of the molecule is CCn1c(CC[C@@H]2CCCN2C(=O)[C@H]2CCCN2CC(=O)NC2CC2)cc2ccccc21. The quantitative estimate of drug-likeness (QED) is 0.691. The second kappa shape index (κ2) is 9.26. The Morgan fingerprint density at radius 3 is 2.69 bits per heavy atom. The number of para-hydroxylation sites is 1. The van der Waals surface area contributed by atoms with Crippen LogP contribution in [0, 0.1) is 0 Å². The topological polar surface area (TPSA) is 57.6 Å². The van der Waals surface area contributed by atoms with Gasteiger partial charge in [0, 0.05) is 36.4 Å². The molecule has 2 amide bonds. The molecular formula is C26H36N4O2. The van der Waals surface area contributed by atoms with E-state index in [0.717, 1.165) is 71.0 Å². The van der Waals surface area contributed by atoms with Crippen molar-refractivity contribution in [2.24, 2.45) is 0 Å². The van der Waals surface area contributed by atoms with E-state index in [2.05, 4.69) is 56.9 Å². The van der Waals surface area contributed by atoms with Crippen molar-refractivity contribution in [3.8, 4) is 0 Å². The van der Waals surface area contributed by atoms with E-state index in [1.807, 2.05) is 0 Å². The van der Waals surface area contributed by atoms with Gasteiger partial charge in [-0.3, -0.25) is 14.5 Å². The maximum absolute atomic E-state index is 13.5. The molecule has 2 saturated heterocycles. The van der Waals surface area contributed by atoms with Crippen molar-refractivity contribution in [2.75, 3.05) is 19.6 Å². The molecule has 0 bridgehead atoms. The summed E-state index contributed by atoms with van der Waals surface area (Å²) in [6.45, 7) is 5.25. The monoisotopic (exact) mass is 436 g/mol. The highest BCUT2D eigenvalue weighted by Crippen LogP contribution is 2.28. The molecule has 2 atom stereocenters. The first kappa shape index (κ1) is 21.5. The van der Waals surface area contributed by atoms with Gasteiger partial charge >= 0.3 is 0 Å². The van der Waals surface area contributed by atoms with E-state index in [9.17, 15) is 9.59 Å². The lowest BCUT2D eigenvalue weighted by Crippen LogP contribution is -2.50. The Bertz CT molecular complexity index is 979. The zero-order valence-electron chi connectivity index (χ0n) is 19.3. The van der Waals surface area contributed by atoms with Gasteiger partial charge in [-0.05, 0) is 82.4 Å². The Labute approximate surface area is 190 Å². The molecule has 0 unspecified atom stereocenters. The number of aryl methyl sites for hydroxylation is 2. The number of hydrogen-bond acceptors (Lipinski definition) is 3. The summed E-state index contributed by atoms with van der Waals surface area (Å²) in [7, 11) is 0. The van der Waals surface area contributed by atoms with Crippen LogP contribution in [0.1, 0.15) is 57.6 Å². The molecule has 2 aromatic rings. The van der Waals surface area contributed by atoms with Crippen LogP contribution in [-0.4, -0.2) is 63.9 Å². The average Bonchev–Trinajstić information content (AvgIpc) is 3.18. The fraction of sp³-hybridized carbons (Fsp3) is 0.615. The van der Waals surface area contributed by atoms with Crippen LogP contribution >= 0.6 is 0 Å². The Hall–Kier alpha value is -2.34. The zero-order valence-corrected chi connectivity index (χ0v) is 19.3. The van der Waals surface area contributed by atoms with Gasteiger partial charge in [0.05, 0.1) is 12.6 Å². The van der Waals surface area contributed by atoms with E-state index in [4.69, 9.17) is 0 Å². The molecule has 0 spiro atoms. The third-order valence-corrected chi connectivity index (χ3v) is 7.54. The van der Waals surface area contributed by atoms with Crippen LogP contribution in [0.15, 0.2) is 30.3 Å². The molecule has 1 aliphatic carbocycles. The van der Waals surface area contributed by atoms with Crippen LogP contribution in [-0.2, 0) is 22.6 Å². The Morgan fingerprint density at radius 2 is 1.88 bits per heavy atom. The molecular weight excluding hydrogens is 400 g/mol. The van der Waals surface area contributed by atoms with Crippen molar-refractivity contribution < 1.29 is 9.59 Å². The van der Waals surface area contributed by atoms with Crippen LogP contribution in [0.5, 0.6) is 0 Å². The molecule has 1 aromatic carbocycles. The lowest BCUT2D eigenvalue weighted by Gasteiger charge is -2.31. The summed E-state index contributed by atoms with van der Waals surface area (Å²) in [5, 5.41) is 4.37. The molecule has 6 heteroatoms. The third kappa shape index (κ3) is 4.42. The predicted octanol–water partition coefficient (Wildman–Crippen LogP) is 3.33. The standard InChI is InChI=1S/C26H36N4O2/c1-2-29-22(17-19-7-3-4-9-23(19)29)14-13-21-8-5-16-30(21)26(32)24-10-6-15-28(24)18-25(31)27-20-11-12-20/h3-4,7,9,17,20-21,24H,2,5-6,8,10-16,18H2,1H3,(H,27,31)/t21-,24+/m0/s1. The van der Waals surface area contributed by atoms with Gasteiger partial charge in [0.1, 0.15) is 0 Å². The summed E-state index contributed by atoms with van der Waals surface area (Å²) in [4.78, 5) is 30.1. The molecule has 1 N–H and O–H groups in total. The number of amides is 2. The van der Waals surface area contributed by atoms with Crippen molar-refractivity contribution in [1.29, 1.82) is 0 Å². The van der Waals surface area contributed by atoms with Gasteiger partial charge in [0.15, 0.2) is 0 Å². The largest absolute Gasteiger partial charge is 0.352 e. The molecule has 172 valence electrons. The first-order chi connectivity index (χ1) is 15.6. The highest BCUT2D eigenvalue weighted by atomic mass is 16.2. The molecule has 3 fully saturated rings. The lowest BCUT2D eigenvalue weighted by molar-refractivity contribution is -0.137. The minimum atomic E-state index is -0.123. The van der Waals surface area contributed by atoms with Crippen molar-refractivity contribution >= 4 is 22.7 Å². The molecule has 32 heavy (non-hydrogen) atoms. The van der Waals surface area contributed by atoms with Crippen molar-refractivity contribution in [3.05, 3.63) is 36.0 Å². The molecule has 6 nitrogen and oxygen atoms in total. The smallest absolute Gasteiger partial charge is 0.240 e. The molecule has 3 aliphatic rings. The summed E-state index contributed by atoms with van der Waals surface area (Å²) < 4.78 is 2.41. The fourth-order valence-corrected chi connectivity index (χ4v) is 5.76. The van der Waals surface area contributed by atoms with Gasteiger partial charge in [-0.1, -0.05) is 18.2 Å². The molecule has 2 aliphatic heterocycles. The number of carbonyl (C=O) groups excluding carboxylic acids is 2. The van der Waals surface area contributed by atoms with Gasteiger partial charge in [0.25, 0.3) is 0 Å². The number of fused-ring (bicyclic) bond motifs is 1. The number of aromatic nitrogens is 1. The number of carbonyl (C=O) groups is 2. The highest BCUT2D eigenvalue weighted by molar-refractivity contribution is 5.85. The summed E-state index contributed by atoms with van der Waals surface area (Å²) in [6, 6.07) is 11.5. The first-order valence-corrected chi connectivity index (χ1v) is 12.5. The number of benzene rings is 1. The maximum Gasteiger partial charge on any atom is 0.240 e. The first-order valence-electron chi connectivity index (χ1n) is 12.5. The van der Waals surface area contributed by atoms with E-state index in [1.54, 1.807) is 0 Å². The summed E-state index contributed by atoms with van der Waals surface area (Å²) in [5.41, 5.74) is 2.67. The van der Waals surface area contributed by atoms with Gasteiger partial charge in [-0.2, -0.15) is 0 Å². The lowest BCUT2D eigenvalue weighted by atomic mass is 10.1. The second-order valence-electron chi connectivity index (χ2n) is 9.78. The number of nitrogens with one attached hydrogen (secondary N) is 1. The molecule has 3 heterocycles. The average molecular weight is 437 g/mol. The number of hydrogen-bond donors (Lipinski definition) is 1. The van der Waals surface area contributed by atoms with Crippen LogP contribution in [0.25, 0.3) is 10.9 Å². The molecule has 1 saturated carbocycles. The minimum Gasteiger partial charge on any atom is -0.352 e. The third-order valence-electron chi connectivity index (χ3n) is 7.54. The zero-order chi connectivity index (χ0) is 22.1. The molecule has 0 radical (unpaired) electrons. The van der Waals surface area contributed by atoms with E-state index < -0.39 is 0 Å². The van der Waals surface area contributed by atoms with Crippen LogP contribution < -0.4 is 5.32 Å². The number of rotatable bonds is 8. The van der Waals surface area contributed by atoms with Gasteiger partial charge in [-0.15, -0.1) is 0 Å². The van der Waals surface area contributed by atoms with Crippen LogP contribution in [0.2, 0.25) is 0 Å². The second-order valence-corrected chi connectivity index (χ2v) is 9.78. The van der Waals surface area contributed by atoms with E-state index in [-0.39, 0.29) is 17.9 Å². The van der Waals surface area contributed by atoms with Crippen molar-refractivity contribution in [2.45, 2.75) is 83.0 Å². The normalized spacial score (nSPS) is 23.8. The summed E-state index contributed by atoms with van der Waals surface area (Å²) in [6.07, 6.45) is 8.26. The fourth-order valence-electron chi connectivity index (χ4n) is 5.76. The van der Waals surface area contributed by atoms with Gasteiger partial charge in [0.2, 0.25) is 11.8 Å². The van der Waals surface area contributed by atoms with E-state index in [1.165, 1.54) is 16.6 Å². The predicted molar refractivity (Wildman–Crippen MR) is 126 cm³/mol.